The maximum Gasteiger partial charge on any atom is 0.172 e. The molecule has 0 saturated heterocycles. The van der Waals surface area contributed by atoms with Crippen molar-refractivity contribution in [3.05, 3.63) is 48.5 Å². The third-order valence-electron chi connectivity index (χ3n) is 2.66. The summed E-state index contributed by atoms with van der Waals surface area (Å²) in [6.45, 7) is 0. The van der Waals surface area contributed by atoms with Crippen LogP contribution in [0, 0.1) is 0 Å². The van der Waals surface area contributed by atoms with Gasteiger partial charge in [-0.15, -0.1) is 0 Å². The van der Waals surface area contributed by atoms with E-state index in [9.17, 15) is 0 Å². The average Bonchev–Trinajstić information content (AvgIpc) is 2.48. The molecule has 0 bridgehead atoms. The quantitative estimate of drug-likeness (QED) is 0.226. The van der Waals surface area contributed by atoms with Gasteiger partial charge in [0.2, 0.25) is 0 Å². The first-order chi connectivity index (χ1) is 9.72. The zero-order valence-corrected chi connectivity index (χ0v) is 10.6. The number of nitrogens with zero attached hydrogens (tertiary/aromatic N) is 2. The van der Waals surface area contributed by atoms with Crippen LogP contribution in [0.15, 0.2) is 58.7 Å². The highest BCUT2D eigenvalue weighted by Gasteiger charge is 1.99. The number of rotatable bonds is 3. The lowest BCUT2D eigenvalue weighted by atomic mass is 10.1. The van der Waals surface area contributed by atoms with Crippen molar-refractivity contribution >= 4 is 23.4 Å². The lowest BCUT2D eigenvalue weighted by Gasteiger charge is -2.03. The Labute approximate surface area is 115 Å². The van der Waals surface area contributed by atoms with Crippen molar-refractivity contribution in [3.63, 3.8) is 0 Å². The van der Waals surface area contributed by atoms with Crippen molar-refractivity contribution in [3.8, 4) is 11.1 Å². The monoisotopic (exact) mass is 270 g/mol. The summed E-state index contributed by atoms with van der Waals surface area (Å²) in [6, 6.07) is 14.9. The Kier molecular flexibility index (Phi) is 4.31. The molecule has 2 rings (SSSR count). The molecule has 0 saturated carbocycles. The number of hydrogen-bond acceptors (Lipinski definition) is 5. The molecule has 6 nitrogen and oxygen atoms in total. The largest absolute Gasteiger partial charge is 0.411 e. The van der Waals surface area contributed by atoms with E-state index in [4.69, 9.17) is 16.1 Å². The number of oxime groups is 1. The lowest BCUT2D eigenvalue weighted by Crippen LogP contribution is -2.19. The van der Waals surface area contributed by atoms with E-state index in [1.54, 1.807) is 12.1 Å². The fourth-order valence-electron chi connectivity index (χ4n) is 1.68. The van der Waals surface area contributed by atoms with Gasteiger partial charge in [0.25, 0.3) is 0 Å². The minimum absolute atomic E-state index is 0.0349. The molecule has 0 amide bonds. The van der Waals surface area contributed by atoms with Crippen LogP contribution >= 0.6 is 0 Å². The molecule has 0 aliphatic heterocycles. The molecule has 102 valence electrons. The maximum absolute atomic E-state index is 8.78. The molecular formula is C14H14N4O2. The van der Waals surface area contributed by atoms with Gasteiger partial charge in [-0.2, -0.15) is 0 Å². The van der Waals surface area contributed by atoms with E-state index >= 15 is 0 Å². The Balaban J connectivity index is 2.24. The van der Waals surface area contributed by atoms with Crippen molar-refractivity contribution in [1.29, 1.82) is 0 Å². The molecule has 0 aliphatic rings. The van der Waals surface area contributed by atoms with Gasteiger partial charge in [0, 0.05) is 5.69 Å². The van der Waals surface area contributed by atoms with Gasteiger partial charge in [0.05, 0.1) is 5.69 Å². The topological polar surface area (TPSA) is 103 Å². The molecule has 0 heterocycles. The van der Waals surface area contributed by atoms with Crippen molar-refractivity contribution in [2.45, 2.75) is 0 Å². The Bertz CT molecular complexity index is 619. The molecule has 0 unspecified atom stereocenters. The average molecular weight is 270 g/mol. The van der Waals surface area contributed by atoms with Gasteiger partial charge in [-0.1, -0.05) is 29.4 Å². The summed E-state index contributed by atoms with van der Waals surface area (Å²) in [6.07, 6.45) is 0.994. The number of nitrogens with one attached hydrogen (secondary N) is 1. The summed E-state index contributed by atoms with van der Waals surface area (Å²) < 4.78 is 0. The molecule has 0 fully saturated rings. The summed E-state index contributed by atoms with van der Waals surface area (Å²) in [7, 11) is 0. The van der Waals surface area contributed by atoms with Crippen LogP contribution in [0.1, 0.15) is 0 Å². The zero-order chi connectivity index (χ0) is 14.4. The van der Waals surface area contributed by atoms with Gasteiger partial charge < -0.3 is 10.9 Å². The standard InChI is InChI=1S/C14H14N4O2/c15-12-5-1-10(2-6-12)11-3-7-13(8-4-11)17-14(18-20)9-16-19/h1-9,19-20H,15H2,(H,17,18)/b16-9-. The van der Waals surface area contributed by atoms with Gasteiger partial charge >= 0.3 is 0 Å². The minimum Gasteiger partial charge on any atom is -0.411 e. The Morgan fingerprint density at radius 3 is 2.05 bits per heavy atom. The second-order valence-corrected chi connectivity index (χ2v) is 4.02. The predicted octanol–water partition coefficient (Wildman–Crippen LogP) is 2.40. The number of hydroxylamine groups is 1. The number of hydrogen-bond donors (Lipinski definition) is 4. The molecule has 20 heavy (non-hydrogen) atoms. The molecule has 2 aromatic rings. The van der Waals surface area contributed by atoms with Gasteiger partial charge in [0.15, 0.2) is 5.84 Å². The summed E-state index contributed by atoms with van der Waals surface area (Å²) in [5.74, 6) is 0.0349. The molecule has 6 heteroatoms. The highest BCUT2D eigenvalue weighted by molar-refractivity contribution is 6.29. The molecule has 0 radical (unpaired) electrons. The minimum atomic E-state index is 0.0349. The highest BCUT2D eigenvalue weighted by Crippen LogP contribution is 2.23. The molecule has 2 aromatic carbocycles. The van der Waals surface area contributed by atoms with Crippen LogP contribution in [0.2, 0.25) is 0 Å². The number of amidine groups is 1. The zero-order valence-electron chi connectivity index (χ0n) is 10.6. The third kappa shape index (κ3) is 3.33. The van der Waals surface area contributed by atoms with E-state index in [2.05, 4.69) is 10.1 Å². The lowest BCUT2D eigenvalue weighted by molar-refractivity contribution is 0.236. The van der Waals surface area contributed by atoms with Crippen molar-refractivity contribution < 1.29 is 10.4 Å². The molecule has 0 atom stereocenters. The maximum atomic E-state index is 8.78. The normalized spacial score (nSPS) is 11.8. The fourth-order valence-corrected chi connectivity index (χ4v) is 1.68. The number of benzene rings is 2. The molecule has 5 N–H and O–H groups in total. The van der Waals surface area contributed by atoms with Gasteiger partial charge in [-0.05, 0) is 35.4 Å². The van der Waals surface area contributed by atoms with E-state index in [0.29, 0.717) is 5.69 Å². The van der Waals surface area contributed by atoms with Crippen LogP contribution in [-0.2, 0) is 0 Å². The molecular weight excluding hydrogens is 256 g/mol. The second kappa shape index (κ2) is 6.35. The van der Waals surface area contributed by atoms with E-state index in [0.717, 1.165) is 23.0 Å². The van der Waals surface area contributed by atoms with Crippen LogP contribution in [0.4, 0.5) is 11.4 Å². The molecule has 0 aliphatic carbocycles. The smallest absolute Gasteiger partial charge is 0.172 e. The Morgan fingerprint density at radius 2 is 1.55 bits per heavy atom. The van der Waals surface area contributed by atoms with Crippen LogP contribution < -0.4 is 11.2 Å². The van der Waals surface area contributed by atoms with Gasteiger partial charge in [-0.25, -0.2) is 4.99 Å². The van der Waals surface area contributed by atoms with E-state index in [1.165, 1.54) is 0 Å². The second-order valence-electron chi connectivity index (χ2n) is 4.02. The van der Waals surface area contributed by atoms with E-state index < -0.39 is 0 Å². The number of nitrogen functional groups attached to an aromatic ring is 1. The van der Waals surface area contributed by atoms with Crippen LogP contribution in [0.5, 0.6) is 0 Å². The predicted molar refractivity (Wildman–Crippen MR) is 78.6 cm³/mol. The SMILES string of the molecule is Nc1ccc(-c2ccc(N=C(/C=N\O)NO)cc2)cc1. The van der Waals surface area contributed by atoms with Crippen LogP contribution in [-0.4, -0.2) is 22.5 Å². The van der Waals surface area contributed by atoms with Gasteiger partial charge in [0.1, 0.15) is 6.21 Å². The van der Waals surface area contributed by atoms with Gasteiger partial charge in [-0.3, -0.25) is 10.7 Å². The highest BCUT2D eigenvalue weighted by atomic mass is 16.5. The molecule has 0 aromatic heterocycles. The van der Waals surface area contributed by atoms with Crippen molar-refractivity contribution in [2.24, 2.45) is 10.1 Å². The van der Waals surface area contributed by atoms with Crippen LogP contribution in [0.25, 0.3) is 11.1 Å². The third-order valence-corrected chi connectivity index (χ3v) is 2.66. The van der Waals surface area contributed by atoms with E-state index in [-0.39, 0.29) is 5.84 Å². The Morgan fingerprint density at radius 1 is 1.00 bits per heavy atom. The number of anilines is 1. The summed E-state index contributed by atoms with van der Waals surface area (Å²) in [5.41, 5.74) is 10.9. The first-order valence-corrected chi connectivity index (χ1v) is 5.85. The molecule has 0 spiro atoms. The summed E-state index contributed by atoms with van der Waals surface area (Å²) in [5, 5.41) is 20.0. The number of nitrogens with two attached hydrogens (primary N) is 1. The van der Waals surface area contributed by atoms with Crippen LogP contribution in [0.3, 0.4) is 0 Å². The van der Waals surface area contributed by atoms with Crippen molar-refractivity contribution in [2.75, 3.05) is 5.73 Å². The summed E-state index contributed by atoms with van der Waals surface area (Å²) >= 11 is 0. The fraction of sp³-hybridized carbons (Fsp3) is 0. The first kappa shape index (κ1) is 13.6. The Hall–Kier alpha value is -2.86. The van der Waals surface area contributed by atoms with Crippen molar-refractivity contribution in [1.82, 2.24) is 5.48 Å². The van der Waals surface area contributed by atoms with E-state index in [1.807, 2.05) is 41.9 Å². The number of aliphatic imine (C=N–C) groups is 1. The summed E-state index contributed by atoms with van der Waals surface area (Å²) in [4.78, 5) is 4.04. The first-order valence-electron chi connectivity index (χ1n) is 5.85.